The third-order valence-electron chi connectivity index (χ3n) is 3.30. The van der Waals surface area contributed by atoms with Crippen molar-refractivity contribution >= 4 is 5.69 Å². The van der Waals surface area contributed by atoms with E-state index in [1.807, 2.05) is 13.8 Å². The highest BCUT2D eigenvalue weighted by molar-refractivity contribution is 5.41. The first-order valence-corrected chi connectivity index (χ1v) is 6.39. The number of ether oxygens (including phenoxy) is 1. The Balaban J connectivity index is 1.98. The number of hydrogen-bond donors (Lipinski definition) is 1. The first-order valence-electron chi connectivity index (χ1n) is 6.39. The summed E-state index contributed by atoms with van der Waals surface area (Å²) in [6.45, 7) is 4.57. The molecule has 0 aliphatic heterocycles. The molecule has 2 rings (SSSR count). The Labute approximate surface area is 107 Å². The lowest BCUT2D eigenvalue weighted by molar-refractivity contribution is 0.0110. The molecule has 1 aromatic rings. The summed E-state index contributed by atoms with van der Waals surface area (Å²) in [6.07, 6.45) is 4.85. The zero-order valence-electron chi connectivity index (χ0n) is 11.3. The highest BCUT2D eigenvalue weighted by atomic mass is 16.5. The summed E-state index contributed by atoms with van der Waals surface area (Å²) in [4.78, 5) is 11.9. The van der Waals surface area contributed by atoms with Crippen LogP contribution >= 0.6 is 0 Å². The number of aryl methyl sites for hydroxylation is 1. The lowest BCUT2D eigenvalue weighted by Gasteiger charge is -2.22. The van der Waals surface area contributed by atoms with Crippen molar-refractivity contribution in [3.63, 3.8) is 0 Å². The molecule has 1 aliphatic rings. The molecular weight excluding hydrogens is 230 g/mol. The van der Waals surface area contributed by atoms with E-state index in [1.165, 1.54) is 17.5 Å². The fourth-order valence-corrected chi connectivity index (χ4v) is 1.62. The quantitative estimate of drug-likeness (QED) is 0.835. The van der Waals surface area contributed by atoms with Crippen LogP contribution in [-0.4, -0.2) is 28.5 Å². The maximum Gasteiger partial charge on any atom is 0.268 e. The van der Waals surface area contributed by atoms with E-state index in [9.17, 15) is 4.79 Å². The maximum absolute atomic E-state index is 11.9. The standard InChI is InChI=1S/C13H21N3O2/c1-13(2,18-3)6-7-16-12(17)8-11(9-14-16)15-10-4-5-10/h8-10,15H,4-7H2,1-3H3. The molecule has 1 saturated carbocycles. The third kappa shape index (κ3) is 3.57. The van der Waals surface area contributed by atoms with Crippen LogP contribution in [0.1, 0.15) is 33.1 Å². The second-order valence-electron chi connectivity index (χ2n) is 5.44. The molecule has 1 fully saturated rings. The summed E-state index contributed by atoms with van der Waals surface area (Å²) in [5.74, 6) is 0. The van der Waals surface area contributed by atoms with Gasteiger partial charge < -0.3 is 10.1 Å². The molecule has 1 aromatic heterocycles. The van der Waals surface area contributed by atoms with E-state index < -0.39 is 0 Å². The Morgan fingerprint density at radius 2 is 2.28 bits per heavy atom. The van der Waals surface area contributed by atoms with E-state index in [1.54, 1.807) is 19.4 Å². The van der Waals surface area contributed by atoms with Gasteiger partial charge in [-0.25, -0.2) is 4.68 Å². The molecule has 0 atom stereocenters. The molecule has 5 heteroatoms. The van der Waals surface area contributed by atoms with Crippen molar-refractivity contribution in [2.45, 2.75) is 51.3 Å². The lowest BCUT2D eigenvalue weighted by atomic mass is 10.1. The monoisotopic (exact) mass is 251 g/mol. The van der Waals surface area contributed by atoms with Gasteiger partial charge in [-0.2, -0.15) is 5.10 Å². The summed E-state index contributed by atoms with van der Waals surface area (Å²) in [7, 11) is 1.68. The average molecular weight is 251 g/mol. The fraction of sp³-hybridized carbons (Fsp3) is 0.692. The Hall–Kier alpha value is -1.36. The second-order valence-corrected chi connectivity index (χ2v) is 5.44. The van der Waals surface area contributed by atoms with Gasteiger partial charge in [-0.05, 0) is 33.1 Å². The molecule has 18 heavy (non-hydrogen) atoms. The summed E-state index contributed by atoms with van der Waals surface area (Å²) < 4.78 is 6.81. The number of aromatic nitrogens is 2. The molecule has 0 spiro atoms. The number of anilines is 1. The average Bonchev–Trinajstić information content (AvgIpc) is 3.12. The normalized spacial score (nSPS) is 15.7. The predicted molar refractivity (Wildman–Crippen MR) is 70.8 cm³/mol. The summed E-state index contributed by atoms with van der Waals surface area (Å²) in [5.41, 5.74) is 0.531. The van der Waals surface area contributed by atoms with Crippen LogP contribution in [0.4, 0.5) is 5.69 Å². The van der Waals surface area contributed by atoms with Gasteiger partial charge in [-0.15, -0.1) is 0 Å². The Morgan fingerprint density at radius 3 is 2.83 bits per heavy atom. The fourth-order valence-electron chi connectivity index (χ4n) is 1.62. The van der Waals surface area contributed by atoms with Crippen LogP contribution in [-0.2, 0) is 11.3 Å². The zero-order valence-corrected chi connectivity index (χ0v) is 11.3. The van der Waals surface area contributed by atoms with Crippen LogP contribution in [0, 0.1) is 0 Å². The molecule has 0 bridgehead atoms. The minimum atomic E-state index is -0.230. The number of methoxy groups -OCH3 is 1. The van der Waals surface area contributed by atoms with E-state index in [0.717, 1.165) is 12.1 Å². The van der Waals surface area contributed by atoms with Gasteiger partial charge in [-0.3, -0.25) is 4.79 Å². The molecule has 1 N–H and O–H groups in total. The van der Waals surface area contributed by atoms with Gasteiger partial charge in [0.25, 0.3) is 5.56 Å². The predicted octanol–water partition coefficient (Wildman–Crippen LogP) is 1.63. The Morgan fingerprint density at radius 1 is 1.56 bits per heavy atom. The smallest absolute Gasteiger partial charge is 0.268 e. The number of hydrogen-bond acceptors (Lipinski definition) is 4. The molecular formula is C13H21N3O2. The Kier molecular flexibility index (Phi) is 3.71. The van der Waals surface area contributed by atoms with E-state index in [4.69, 9.17) is 4.74 Å². The summed E-state index contributed by atoms with van der Waals surface area (Å²) >= 11 is 0. The van der Waals surface area contributed by atoms with Crippen molar-refractivity contribution in [2.24, 2.45) is 0 Å². The molecule has 0 saturated heterocycles. The van der Waals surface area contributed by atoms with E-state index in [0.29, 0.717) is 12.6 Å². The molecule has 0 unspecified atom stereocenters. The molecule has 0 amide bonds. The van der Waals surface area contributed by atoms with Crippen molar-refractivity contribution in [1.82, 2.24) is 9.78 Å². The SMILES string of the molecule is COC(C)(C)CCn1ncc(NC2CC2)cc1=O. The van der Waals surface area contributed by atoms with Crippen LogP contribution < -0.4 is 10.9 Å². The van der Waals surface area contributed by atoms with Crippen molar-refractivity contribution in [2.75, 3.05) is 12.4 Å². The van der Waals surface area contributed by atoms with Gasteiger partial charge in [0.05, 0.1) is 17.5 Å². The first-order chi connectivity index (χ1) is 8.50. The van der Waals surface area contributed by atoms with Gasteiger partial charge in [0.1, 0.15) is 0 Å². The molecule has 0 radical (unpaired) electrons. The largest absolute Gasteiger partial charge is 0.381 e. The van der Waals surface area contributed by atoms with Crippen molar-refractivity contribution in [3.05, 3.63) is 22.6 Å². The maximum atomic E-state index is 11.9. The topological polar surface area (TPSA) is 56.1 Å². The molecule has 1 heterocycles. The molecule has 0 aromatic carbocycles. The van der Waals surface area contributed by atoms with Crippen molar-refractivity contribution in [1.29, 1.82) is 0 Å². The van der Waals surface area contributed by atoms with E-state index in [-0.39, 0.29) is 11.2 Å². The van der Waals surface area contributed by atoms with Crippen molar-refractivity contribution in [3.8, 4) is 0 Å². The third-order valence-corrected chi connectivity index (χ3v) is 3.30. The first kappa shape index (κ1) is 13.1. The highest BCUT2D eigenvalue weighted by Gasteiger charge is 2.21. The number of rotatable bonds is 6. The van der Waals surface area contributed by atoms with Gasteiger partial charge in [0.2, 0.25) is 0 Å². The molecule has 1 aliphatic carbocycles. The van der Waals surface area contributed by atoms with Crippen LogP contribution in [0.15, 0.2) is 17.1 Å². The zero-order chi connectivity index (χ0) is 13.2. The van der Waals surface area contributed by atoms with Gasteiger partial charge in [0.15, 0.2) is 0 Å². The van der Waals surface area contributed by atoms with Crippen molar-refractivity contribution < 1.29 is 4.74 Å². The highest BCUT2D eigenvalue weighted by Crippen LogP contribution is 2.23. The summed E-state index contributed by atoms with van der Waals surface area (Å²) in [6, 6.07) is 2.15. The van der Waals surface area contributed by atoms with Crippen LogP contribution in [0.3, 0.4) is 0 Å². The van der Waals surface area contributed by atoms with Gasteiger partial charge >= 0.3 is 0 Å². The minimum absolute atomic E-state index is 0.0625. The second kappa shape index (κ2) is 5.10. The van der Waals surface area contributed by atoms with Crippen LogP contribution in [0.2, 0.25) is 0 Å². The summed E-state index contributed by atoms with van der Waals surface area (Å²) in [5, 5.41) is 7.45. The minimum Gasteiger partial charge on any atom is -0.381 e. The van der Waals surface area contributed by atoms with Crippen LogP contribution in [0.5, 0.6) is 0 Å². The van der Waals surface area contributed by atoms with E-state index in [2.05, 4.69) is 10.4 Å². The number of nitrogens with one attached hydrogen (secondary N) is 1. The lowest BCUT2D eigenvalue weighted by Crippen LogP contribution is -2.29. The molecule has 100 valence electrons. The Bertz CT molecular complexity index is 464. The van der Waals surface area contributed by atoms with Crippen LogP contribution in [0.25, 0.3) is 0 Å². The molecule has 5 nitrogen and oxygen atoms in total. The van der Waals surface area contributed by atoms with Gasteiger partial charge in [0, 0.05) is 25.8 Å². The number of nitrogens with zero attached hydrogens (tertiary/aromatic N) is 2. The van der Waals surface area contributed by atoms with E-state index >= 15 is 0 Å². The van der Waals surface area contributed by atoms with Gasteiger partial charge in [-0.1, -0.05) is 0 Å².